The summed E-state index contributed by atoms with van der Waals surface area (Å²) in [6.07, 6.45) is 1.28. The molecule has 1 N–H and O–H groups in total. The van der Waals surface area contributed by atoms with Crippen molar-refractivity contribution in [2.45, 2.75) is 19.3 Å². The third-order valence-corrected chi connectivity index (χ3v) is 4.77. The van der Waals surface area contributed by atoms with Crippen LogP contribution in [0.1, 0.15) is 23.7 Å². The Morgan fingerprint density at radius 2 is 1.85 bits per heavy atom. The van der Waals surface area contributed by atoms with Crippen molar-refractivity contribution in [1.29, 1.82) is 0 Å². The molecule has 0 radical (unpaired) electrons. The number of rotatable bonds is 6. The molecule has 2 heterocycles. The van der Waals surface area contributed by atoms with Crippen LogP contribution < -0.4 is 5.32 Å². The molecule has 0 aliphatic carbocycles. The molecule has 7 heteroatoms. The van der Waals surface area contributed by atoms with Gasteiger partial charge in [-0.1, -0.05) is 59.0 Å². The van der Waals surface area contributed by atoms with Gasteiger partial charge in [-0.05, 0) is 17.7 Å². The fourth-order valence-electron chi connectivity index (χ4n) is 2.57. The lowest BCUT2D eigenvalue weighted by molar-refractivity contribution is -0.116. The maximum atomic E-state index is 12.1. The maximum absolute atomic E-state index is 12.1. The summed E-state index contributed by atoms with van der Waals surface area (Å²) in [6.45, 7) is 0. The van der Waals surface area contributed by atoms with Crippen LogP contribution in [0.2, 0.25) is 0 Å². The van der Waals surface area contributed by atoms with E-state index in [0.29, 0.717) is 29.7 Å². The molecule has 0 atom stereocenters. The Morgan fingerprint density at radius 1 is 1.04 bits per heavy atom. The van der Waals surface area contributed by atoms with E-state index in [1.54, 1.807) is 0 Å². The largest absolute Gasteiger partial charge is 0.339 e. The Hall–Kier alpha value is -3.06. The van der Waals surface area contributed by atoms with Gasteiger partial charge in [0.2, 0.25) is 11.8 Å². The minimum atomic E-state index is -0.119. The predicted molar refractivity (Wildman–Crippen MR) is 100 cm³/mol. The molecular formula is C19H16N4O2S. The highest BCUT2D eigenvalue weighted by Crippen LogP contribution is 2.25. The van der Waals surface area contributed by atoms with Crippen LogP contribution in [0.25, 0.3) is 10.2 Å². The van der Waals surface area contributed by atoms with E-state index in [1.807, 2.05) is 54.6 Å². The molecule has 0 aliphatic rings. The van der Waals surface area contributed by atoms with E-state index in [4.69, 9.17) is 4.52 Å². The highest BCUT2D eigenvalue weighted by molar-refractivity contribution is 7.22. The van der Waals surface area contributed by atoms with Crippen LogP contribution >= 0.6 is 11.3 Å². The molecule has 0 spiro atoms. The summed E-state index contributed by atoms with van der Waals surface area (Å²) < 4.78 is 6.28. The van der Waals surface area contributed by atoms with E-state index in [-0.39, 0.29) is 12.3 Å². The van der Waals surface area contributed by atoms with E-state index >= 15 is 0 Å². The maximum Gasteiger partial charge on any atom is 0.227 e. The molecule has 6 nitrogen and oxygen atoms in total. The first-order valence-corrected chi connectivity index (χ1v) is 9.09. The molecule has 0 fully saturated rings. The minimum Gasteiger partial charge on any atom is -0.339 e. The summed E-state index contributed by atoms with van der Waals surface area (Å²) in [5, 5.41) is 7.40. The molecular weight excluding hydrogens is 348 g/mol. The van der Waals surface area contributed by atoms with E-state index in [9.17, 15) is 4.79 Å². The Balaban J connectivity index is 1.31. The number of carbonyl (C=O) groups excluding carboxylic acids is 1. The number of thiazole rings is 1. The van der Waals surface area contributed by atoms with Gasteiger partial charge in [0, 0.05) is 19.3 Å². The fraction of sp³-hybridized carbons (Fsp3) is 0.158. The number of hydrogen-bond donors (Lipinski definition) is 1. The number of nitrogens with one attached hydrogen (secondary N) is 1. The summed E-state index contributed by atoms with van der Waals surface area (Å²) in [4.78, 5) is 20.9. The second-order valence-electron chi connectivity index (χ2n) is 5.80. The van der Waals surface area contributed by atoms with Crippen molar-refractivity contribution in [3.8, 4) is 0 Å². The van der Waals surface area contributed by atoms with Crippen LogP contribution in [-0.2, 0) is 17.6 Å². The van der Waals surface area contributed by atoms with Crippen molar-refractivity contribution < 1.29 is 9.32 Å². The van der Waals surface area contributed by atoms with E-state index < -0.39 is 0 Å². The number of aryl methyl sites for hydroxylation is 1. The number of nitrogens with zero attached hydrogens (tertiary/aromatic N) is 3. The lowest BCUT2D eigenvalue weighted by atomic mass is 10.1. The van der Waals surface area contributed by atoms with Gasteiger partial charge in [0.15, 0.2) is 11.0 Å². The summed E-state index contributed by atoms with van der Waals surface area (Å²) in [5.41, 5.74) is 2.00. The highest BCUT2D eigenvalue weighted by atomic mass is 32.1. The molecule has 2 aromatic carbocycles. The lowest BCUT2D eigenvalue weighted by Crippen LogP contribution is -2.12. The zero-order chi connectivity index (χ0) is 17.8. The van der Waals surface area contributed by atoms with Crippen LogP contribution in [-0.4, -0.2) is 21.0 Å². The average molecular weight is 364 g/mol. The van der Waals surface area contributed by atoms with Gasteiger partial charge in [0.1, 0.15) is 0 Å². The summed E-state index contributed by atoms with van der Waals surface area (Å²) >= 11 is 1.46. The topological polar surface area (TPSA) is 80.9 Å². The van der Waals surface area contributed by atoms with Crippen molar-refractivity contribution in [1.82, 2.24) is 15.1 Å². The third-order valence-electron chi connectivity index (χ3n) is 3.82. The van der Waals surface area contributed by atoms with Crippen LogP contribution in [0, 0.1) is 0 Å². The number of carbonyl (C=O) groups is 1. The second kappa shape index (κ2) is 7.45. The average Bonchev–Trinajstić information content (AvgIpc) is 3.27. The van der Waals surface area contributed by atoms with Gasteiger partial charge >= 0.3 is 0 Å². The first kappa shape index (κ1) is 16.4. The smallest absolute Gasteiger partial charge is 0.227 e. The van der Waals surface area contributed by atoms with Crippen molar-refractivity contribution in [2.75, 3.05) is 5.32 Å². The van der Waals surface area contributed by atoms with Gasteiger partial charge in [0.25, 0.3) is 0 Å². The van der Waals surface area contributed by atoms with Gasteiger partial charge < -0.3 is 9.84 Å². The molecule has 2 aromatic heterocycles. The second-order valence-corrected chi connectivity index (χ2v) is 6.83. The minimum absolute atomic E-state index is 0.119. The number of para-hydroxylation sites is 1. The molecule has 0 aliphatic heterocycles. The van der Waals surface area contributed by atoms with Gasteiger partial charge in [-0.15, -0.1) is 0 Å². The summed E-state index contributed by atoms with van der Waals surface area (Å²) in [6, 6.07) is 17.7. The van der Waals surface area contributed by atoms with Crippen molar-refractivity contribution in [3.63, 3.8) is 0 Å². The number of amides is 1. The molecule has 4 aromatic rings. The van der Waals surface area contributed by atoms with Crippen molar-refractivity contribution in [3.05, 3.63) is 71.9 Å². The standard InChI is InChI=1S/C19H16N4O2S/c24-17(22-19-20-14-8-4-5-9-15(14)26-19)10-11-18-21-16(23-25-18)12-13-6-2-1-3-7-13/h1-9H,10-12H2,(H,20,22,24). The number of hydrogen-bond acceptors (Lipinski definition) is 6. The van der Waals surface area contributed by atoms with E-state index in [0.717, 1.165) is 15.8 Å². The zero-order valence-electron chi connectivity index (χ0n) is 13.9. The van der Waals surface area contributed by atoms with E-state index in [2.05, 4.69) is 20.4 Å². The number of aromatic nitrogens is 3. The van der Waals surface area contributed by atoms with Crippen LogP contribution in [0.4, 0.5) is 5.13 Å². The Morgan fingerprint density at radius 3 is 2.69 bits per heavy atom. The molecule has 0 bridgehead atoms. The van der Waals surface area contributed by atoms with Gasteiger partial charge in [-0.2, -0.15) is 4.98 Å². The Kier molecular flexibility index (Phi) is 4.70. The summed E-state index contributed by atoms with van der Waals surface area (Å²) in [5.74, 6) is 0.972. The van der Waals surface area contributed by atoms with Gasteiger partial charge in [-0.3, -0.25) is 4.79 Å². The normalized spacial score (nSPS) is 10.9. The Labute approximate surface area is 153 Å². The SMILES string of the molecule is O=C(CCc1nc(Cc2ccccc2)no1)Nc1nc2ccccc2s1. The van der Waals surface area contributed by atoms with Crippen LogP contribution in [0.3, 0.4) is 0 Å². The quantitative estimate of drug-likeness (QED) is 0.562. The zero-order valence-corrected chi connectivity index (χ0v) is 14.7. The highest BCUT2D eigenvalue weighted by Gasteiger charge is 2.11. The van der Waals surface area contributed by atoms with Gasteiger partial charge in [-0.25, -0.2) is 4.98 Å². The molecule has 26 heavy (non-hydrogen) atoms. The molecule has 0 unspecified atom stereocenters. The fourth-order valence-corrected chi connectivity index (χ4v) is 3.45. The van der Waals surface area contributed by atoms with E-state index in [1.165, 1.54) is 11.3 Å². The first-order valence-electron chi connectivity index (χ1n) is 8.27. The van der Waals surface area contributed by atoms with Crippen molar-refractivity contribution in [2.24, 2.45) is 0 Å². The monoisotopic (exact) mass is 364 g/mol. The van der Waals surface area contributed by atoms with Crippen LogP contribution in [0.15, 0.2) is 59.1 Å². The van der Waals surface area contributed by atoms with Crippen molar-refractivity contribution >= 4 is 32.6 Å². The van der Waals surface area contributed by atoms with Crippen LogP contribution in [0.5, 0.6) is 0 Å². The predicted octanol–water partition coefficient (Wildman–Crippen LogP) is 3.84. The number of anilines is 1. The summed E-state index contributed by atoms with van der Waals surface area (Å²) in [7, 11) is 0. The number of benzene rings is 2. The molecule has 1 amide bonds. The number of fused-ring (bicyclic) bond motifs is 1. The Bertz CT molecular complexity index is 993. The molecule has 0 saturated heterocycles. The third kappa shape index (κ3) is 3.94. The molecule has 0 saturated carbocycles. The lowest BCUT2D eigenvalue weighted by Gasteiger charge is -1.98. The molecule has 4 rings (SSSR count). The van der Waals surface area contributed by atoms with Gasteiger partial charge in [0.05, 0.1) is 10.2 Å². The first-order chi connectivity index (χ1) is 12.8. The molecule has 130 valence electrons.